The third kappa shape index (κ3) is 3.35. The van der Waals surface area contributed by atoms with Crippen molar-refractivity contribution in [2.45, 2.75) is 13.5 Å². The van der Waals surface area contributed by atoms with Crippen molar-refractivity contribution in [2.24, 2.45) is 0 Å². The standard InChI is InChI=1S/C16H17NO2/c1-12-8-9-14(16(18)19-2)15(10-12)17-11-13-6-4-3-5-7-13/h3-10,17H,11H2,1-2H3. The number of hydrogen-bond donors (Lipinski definition) is 1. The summed E-state index contributed by atoms with van der Waals surface area (Å²) in [7, 11) is 1.39. The van der Waals surface area contributed by atoms with Gasteiger partial charge in [-0.3, -0.25) is 0 Å². The number of nitrogens with one attached hydrogen (secondary N) is 1. The van der Waals surface area contributed by atoms with Gasteiger partial charge in [-0.25, -0.2) is 4.79 Å². The lowest BCUT2D eigenvalue weighted by Gasteiger charge is -2.11. The highest BCUT2D eigenvalue weighted by molar-refractivity contribution is 5.95. The van der Waals surface area contributed by atoms with E-state index >= 15 is 0 Å². The number of carbonyl (C=O) groups excluding carboxylic acids is 1. The van der Waals surface area contributed by atoms with Crippen LogP contribution in [-0.4, -0.2) is 13.1 Å². The number of hydrogen-bond acceptors (Lipinski definition) is 3. The number of aryl methyl sites for hydroxylation is 1. The number of methoxy groups -OCH3 is 1. The fourth-order valence-corrected chi connectivity index (χ4v) is 1.89. The Hall–Kier alpha value is -2.29. The van der Waals surface area contributed by atoms with Crippen LogP contribution in [0.3, 0.4) is 0 Å². The lowest BCUT2D eigenvalue weighted by atomic mass is 10.1. The van der Waals surface area contributed by atoms with Crippen molar-refractivity contribution >= 4 is 11.7 Å². The van der Waals surface area contributed by atoms with Crippen LogP contribution in [0.2, 0.25) is 0 Å². The molecule has 0 heterocycles. The van der Waals surface area contributed by atoms with Crippen molar-refractivity contribution in [1.82, 2.24) is 0 Å². The van der Waals surface area contributed by atoms with E-state index in [1.807, 2.05) is 49.4 Å². The number of ether oxygens (including phenoxy) is 1. The SMILES string of the molecule is COC(=O)c1ccc(C)cc1NCc1ccccc1. The van der Waals surface area contributed by atoms with E-state index in [4.69, 9.17) is 4.74 Å². The Kier molecular flexibility index (Phi) is 4.18. The quantitative estimate of drug-likeness (QED) is 0.851. The molecule has 0 spiro atoms. The maximum Gasteiger partial charge on any atom is 0.339 e. The van der Waals surface area contributed by atoms with E-state index in [1.165, 1.54) is 12.7 Å². The molecule has 0 saturated carbocycles. The molecule has 19 heavy (non-hydrogen) atoms. The van der Waals surface area contributed by atoms with Crippen LogP contribution in [0.5, 0.6) is 0 Å². The Morgan fingerprint density at radius 3 is 2.58 bits per heavy atom. The number of rotatable bonds is 4. The molecule has 0 unspecified atom stereocenters. The molecule has 1 N–H and O–H groups in total. The van der Waals surface area contributed by atoms with E-state index in [2.05, 4.69) is 5.32 Å². The van der Waals surface area contributed by atoms with Crippen molar-refractivity contribution in [2.75, 3.05) is 12.4 Å². The summed E-state index contributed by atoms with van der Waals surface area (Å²) in [5, 5.41) is 3.28. The van der Waals surface area contributed by atoms with Crippen LogP contribution in [0.25, 0.3) is 0 Å². The summed E-state index contributed by atoms with van der Waals surface area (Å²) in [6.45, 7) is 2.67. The topological polar surface area (TPSA) is 38.3 Å². The smallest absolute Gasteiger partial charge is 0.339 e. The lowest BCUT2D eigenvalue weighted by molar-refractivity contribution is 0.0602. The molecular formula is C16H17NO2. The Bertz CT molecular complexity index is 564. The van der Waals surface area contributed by atoms with Crippen LogP contribution in [0.4, 0.5) is 5.69 Å². The van der Waals surface area contributed by atoms with Gasteiger partial charge in [-0.15, -0.1) is 0 Å². The highest BCUT2D eigenvalue weighted by Crippen LogP contribution is 2.19. The molecule has 0 aliphatic rings. The fourth-order valence-electron chi connectivity index (χ4n) is 1.89. The highest BCUT2D eigenvalue weighted by Gasteiger charge is 2.11. The molecule has 3 heteroatoms. The molecule has 0 saturated heterocycles. The van der Waals surface area contributed by atoms with Crippen molar-refractivity contribution in [3.8, 4) is 0 Å². The second-order valence-corrected chi connectivity index (χ2v) is 4.38. The van der Waals surface area contributed by atoms with Crippen molar-refractivity contribution < 1.29 is 9.53 Å². The Morgan fingerprint density at radius 1 is 1.16 bits per heavy atom. The zero-order chi connectivity index (χ0) is 13.7. The molecule has 0 amide bonds. The van der Waals surface area contributed by atoms with Gasteiger partial charge in [0.2, 0.25) is 0 Å². The maximum absolute atomic E-state index is 11.7. The Morgan fingerprint density at radius 2 is 1.89 bits per heavy atom. The van der Waals surface area contributed by atoms with E-state index < -0.39 is 0 Å². The van der Waals surface area contributed by atoms with Gasteiger partial charge in [0.05, 0.1) is 12.7 Å². The summed E-state index contributed by atoms with van der Waals surface area (Å²) in [4.78, 5) is 11.7. The van der Waals surface area contributed by atoms with Crippen LogP contribution in [-0.2, 0) is 11.3 Å². The minimum absolute atomic E-state index is 0.324. The van der Waals surface area contributed by atoms with Gasteiger partial charge in [-0.2, -0.15) is 0 Å². The van der Waals surface area contributed by atoms with Crippen LogP contribution < -0.4 is 5.32 Å². The van der Waals surface area contributed by atoms with Crippen LogP contribution in [0.1, 0.15) is 21.5 Å². The van der Waals surface area contributed by atoms with Crippen LogP contribution in [0, 0.1) is 6.92 Å². The first-order chi connectivity index (χ1) is 9.20. The first kappa shape index (κ1) is 13.1. The molecule has 98 valence electrons. The highest BCUT2D eigenvalue weighted by atomic mass is 16.5. The molecule has 2 aromatic rings. The number of benzene rings is 2. The van der Waals surface area contributed by atoms with Gasteiger partial charge >= 0.3 is 5.97 Å². The number of anilines is 1. The maximum atomic E-state index is 11.7. The first-order valence-electron chi connectivity index (χ1n) is 6.17. The molecule has 0 atom stereocenters. The van der Waals surface area contributed by atoms with Gasteiger partial charge in [-0.1, -0.05) is 36.4 Å². The van der Waals surface area contributed by atoms with Gasteiger partial charge in [0, 0.05) is 12.2 Å². The lowest BCUT2D eigenvalue weighted by Crippen LogP contribution is -2.08. The van der Waals surface area contributed by atoms with Gasteiger partial charge in [-0.05, 0) is 30.2 Å². The zero-order valence-corrected chi connectivity index (χ0v) is 11.1. The first-order valence-corrected chi connectivity index (χ1v) is 6.17. The predicted molar refractivity (Wildman–Crippen MR) is 76.3 cm³/mol. The summed E-state index contributed by atoms with van der Waals surface area (Å²) in [6.07, 6.45) is 0. The molecule has 3 nitrogen and oxygen atoms in total. The van der Waals surface area contributed by atoms with Gasteiger partial charge < -0.3 is 10.1 Å². The largest absolute Gasteiger partial charge is 0.465 e. The molecule has 0 aliphatic heterocycles. The van der Waals surface area contributed by atoms with Gasteiger partial charge in [0.15, 0.2) is 0 Å². The molecule has 0 aliphatic carbocycles. The Labute approximate surface area is 113 Å². The summed E-state index contributed by atoms with van der Waals surface area (Å²) in [5.74, 6) is -0.324. The van der Waals surface area contributed by atoms with E-state index in [9.17, 15) is 4.79 Å². The molecule has 2 aromatic carbocycles. The number of esters is 1. The minimum Gasteiger partial charge on any atom is -0.465 e. The minimum atomic E-state index is -0.324. The summed E-state index contributed by atoms with van der Waals surface area (Å²) >= 11 is 0. The third-order valence-corrected chi connectivity index (χ3v) is 2.91. The second-order valence-electron chi connectivity index (χ2n) is 4.38. The Balaban J connectivity index is 2.19. The molecule has 0 aromatic heterocycles. The summed E-state index contributed by atoms with van der Waals surface area (Å²) in [6, 6.07) is 15.7. The van der Waals surface area contributed by atoms with Gasteiger partial charge in [0.25, 0.3) is 0 Å². The van der Waals surface area contributed by atoms with Crippen LogP contribution in [0.15, 0.2) is 48.5 Å². The third-order valence-electron chi connectivity index (χ3n) is 2.91. The van der Waals surface area contributed by atoms with E-state index in [0.717, 1.165) is 11.3 Å². The normalized spacial score (nSPS) is 10.0. The molecule has 0 fully saturated rings. The van der Waals surface area contributed by atoms with Crippen molar-refractivity contribution in [3.63, 3.8) is 0 Å². The average Bonchev–Trinajstić information content (AvgIpc) is 2.45. The molecule has 0 radical (unpaired) electrons. The van der Waals surface area contributed by atoms with Crippen LogP contribution >= 0.6 is 0 Å². The summed E-state index contributed by atoms with van der Waals surface area (Å²) < 4.78 is 4.79. The zero-order valence-electron chi connectivity index (χ0n) is 11.1. The monoisotopic (exact) mass is 255 g/mol. The van der Waals surface area contributed by atoms with Crippen molar-refractivity contribution in [1.29, 1.82) is 0 Å². The average molecular weight is 255 g/mol. The summed E-state index contributed by atoms with van der Waals surface area (Å²) in [5.41, 5.74) is 3.63. The number of carbonyl (C=O) groups is 1. The second kappa shape index (κ2) is 6.05. The van der Waals surface area contributed by atoms with E-state index in [1.54, 1.807) is 6.07 Å². The van der Waals surface area contributed by atoms with Gasteiger partial charge in [0.1, 0.15) is 0 Å². The fraction of sp³-hybridized carbons (Fsp3) is 0.188. The van der Waals surface area contributed by atoms with E-state index in [0.29, 0.717) is 12.1 Å². The van der Waals surface area contributed by atoms with Crippen molar-refractivity contribution in [3.05, 3.63) is 65.2 Å². The predicted octanol–water partition coefficient (Wildman–Crippen LogP) is 3.39. The molecule has 2 rings (SSSR count). The molecular weight excluding hydrogens is 238 g/mol. The molecule has 0 bridgehead atoms. The van der Waals surface area contributed by atoms with E-state index in [-0.39, 0.29) is 5.97 Å².